The third-order valence-electron chi connectivity index (χ3n) is 1.37. The largest absolute Gasteiger partial charge is 0.326 e. The first-order chi connectivity index (χ1) is 5.27. The van der Waals surface area contributed by atoms with E-state index in [0.29, 0.717) is 10.1 Å². The number of nitrogens with one attached hydrogen (secondary N) is 1. The van der Waals surface area contributed by atoms with E-state index < -0.39 is 0 Å². The van der Waals surface area contributed by atoms with Gasteiger partial charge in [0.2, 0.25) is 0 Å². The smallest absolute Gasteiger partial charge is 0.274 e. The highest BCUT2D eigenvalue weighted by Crippen LogP contribution is 2.06. The van der Waals surface area contributed by atoms with Crippen LogP contribution in [0.15, 0.2) is 27.9 Å². The topological polar surface area (TPSA) is 50.2 Å². The maximum Gasteiger partial charge on any atom is 0.274 e. The molecule has 5 heteroatoms. The van der Waals surface area contributed by atoms with Gasteiger partial charge >= 0.3 is 0 Å². The molecule has 2 rings (SSSR count). The van der Waals surface area contributed by atoms with Crippen molar-refractivity contribution < 1.29 is 0 Å². The van der Waals surface area contributed by atoms with Gasteiger partial charge < -0.3 is 4.98 Å². The molecule has 0 aliphatic heterocycles. The van der Waals surface area contributed by atoms with E-state index in [1.54, 1.807) is 18.5 Å². The van der Waals surface area contributed by atoms with Crippen molar-refractivity contribution in [1.29, 1.82) is 0 Å². The molecule has 0 radical (unpaired) electrons. The zero-order valence-corrected chi connectivity index (χ0v) is 7.00. The summed E-state index contributed by atoms with van der Waals surface area (Å²) in [6.45, 7) is 0. The number of nitrogens with zero attached hydrogens (tertiary/aromatic N) is 2. The van der Waals surface area contributed by atoms with Crippen LogP contribution in [0.5, 0.6) is 0 Å². The SMILES string of the molecule is O=c1[nH]ccn2nc(Br)cc12. The van der Waals surface area contributed by atoms with Crippen molar-refractivity contribution >= 4 is 21.4 Å². The fraction of sp³-hybridized carbons (Fsp3) is 0. The fourth-order valence-corrected chi connectivity index (χ4v) is 1.29. The van der Waals surface area contributed by atoms with Crippen LogP contribution in [0.25, 0.3) is 5.52 Å². The summed E-state index contributed by atoms with van der Waals surface area (Å²) in [5.74, 6) is 0. The van der Waals surface area contributed by atoms with E-state index in [9.17, 15) is 4.79 Å². The standard InChI is InChI=1S/C6H4BrN3O/c7-5-3-4-6(11)8-1-2-10(4)9-5/h1-3H,(H,8,11). The van der Waals surface area contributed by atoms with Crippen LogP contribution in [-0.2, 0) is 0 Å². The van der Waals surface area contributed by atoms with Crippen molar-refractivity contribution in [3.05, 3.63) is 33.4 Å². The Morgan fingerprint density at radius 2 is 2.45 bits per heavy atom. The summed E-state index contributed by atoms with van der Waals surface area (Å²) in [7, 11) is 0. The second kappa shape index (κ2) is 2.20. The molecular weight excluding hydrogens is 210 g/mol. The minimum atomic E-state index is -0.134. The lowest BCUT2D eigenvalue weighted by molar-refractivity contribution is 0.924. The first-order valence-corrected chi connectivity index (χ1v) is 3.79. The molecule has 0 atom stereocenters. The van der Waals surface area contributed by atoms with Gasteiger partial charge in [-0.1, -0.05) is 0 Å². The summed E-state index contributed by atoms with van der Waals surface area (Å²) in [5.41, 5.74) is 0.407. The molecule has 0 fully saturated rings. The van der Waals surface area contributed by atoms with Gasteiger partial charge in [0.05, 0.1) is 0 Å². The Kier molecular flexibility index (Phi) is 1.32. The zero-order chi connectivity index (χ0) is 7.84. The number of fused-ring (bicyclic) bond motifs is 1. The molecule has 0 aliphatic rings. The lowest BCUT2D eigenvalue weighted by Crippen LogP contribution is -2.07. The van der Waals surface area contributed by atoms with Crippen molar-refractivity contribution in [2.75, 3.05) is 0 Å². The third-order valence-corrected chi connectivity index (χ3v) is 1.76. The summed E-state index contributed by atoms with van der Waals surface area (Å²) >= 11 is 3.17. The molecule has 0 spiro atoms. The van der Waals surface area contributed by atoms with Gasteiger partial charge in [-0.3, -0.25) is 4.79 Å². The van der Waals surface area contributed by atoms with Gasteiger partial charge in [-0.15, -0.1) is 0 Å². The molecule has 0 saturated carbocycles. The van der Waals surface area contributed by atoms with Crippen LogP contribution in [0, 0.1) is 0 Å². The molecule has 2 aromatic heterocycles. The fourth-order valence-electron chi connectivity index (χ4n) is 0.905. The van der Waals surface area contributed by atoms with Crippen molar-refractivity contribution in [3.8, 4) is 0 Å². The summed E-state index contributed by atoms with van der Waals surface area (Å²) in [6.07, 6.45) is 3.23. The molecule has 56 valence electrons. The highest BCUT2D eigenvalue weighted by Gasteiger charge is 1.99. The van der Waals surface area contributed by atoms with Gasteiger partial charge in [0.1, 0.15) is 10.1 Å². The lowest BCUT2D eigenvalue weighted by atomic mass is 10.5. The average Bonchev–Trinajstić information content (AvgIpc) is 2.31. The predicted octanol–water partition coefficient (Wildman–Crippen LogP) is 0.785. The molecule has 11 heavy (non-hydrogen) atoms. The van der Waals surface area contributed by atoms with Gasteiger partial charge in [0.25, 0.3) is 5.56 Å². The molecule has 2 aromatic rings. The minimum absolute atomic E-state index is 0.134. The summed E-state index contributed by atoms with van der Waals surface area (Å²) in [4.78, 5) is 13.6. The molecule has 0 unspecified atom stereocenters. The van der Waals surface area contributed by atoms with Crippen LogP contribution in [0.1, 0.15) is 0 Å². The molecule has 1 N–H and O–H groups in total. The van der Waals surface area contributed by atoms with Crippen LogP contribution in [0.4, 0.5) is 0 Å². The normalized spacial score (nSPS) is 10.6. The van der Waals surface area contributed by atoms with Crippen LogP contribution in [0.3, 0.4) is 0 Å². The quantitative estimate of drug-likeness (QED) is 0.704. The van der Waals surface area contributed by atoms with Gasteiger partial charge in [-0.25, -0.2) is 4.52 Å². The van der Waals surface area contributed by atoms with Crippen LogP contribution in [-0.4, -0.2) is 14.6 Å². The summed E-state index contributed by atoms with van der Waals surface area (Å²) in [6, 6.07) is 1.67. The van der Waals surface area contributed by atoms with Gasteiger partial charge in [-0.05, 0) is 15.9 Å². The van der Waals surface area contributed by atoms with Gasteiger partial charge in [0, 0.05) is 18.5 Å². The van der Waals surface area contributed by atoms with Crippen molar-refractivity contribution in [1.82, 2.24) is 14.6 Å². The minimum Gasteiger partial charge on any atom is -0.326 e. The van der Waals surface area contributed by atoms with Crippen molar-refractivity contribution in [2.24, 2.45) is 0 Å². The summed E-state index contributed by atoms with van der Waals surface area (Å²) < 4.78 is 2.18. The molecule has 0 bridgehead atoms. The first kappa shape index (κ1) is 6.60. The average molecular weight is 214 g/mol. The Hall–Kier alpha value is -1.10. The van der Waals surface area contributed by atoms with Crippen molar-refractivity contribution in [3.63, 3.8) is 0 Å². The zero-order valence-electron chi connectivity index (χ0n) is 5.41. The number of halogens is 1. The molecule has 2 heterocycles. The van der Waals surface area contributed by atoms with Crippen LogP contribution < -0.4 is 5.56 Å². The van der Waals surface area contributed by atoms with E-state index in [1.807, 2.05) is 0 Å². The van der Waals surface area contributed by atoms with Gasteiger partial charge in [0.15, 0.2) is 0 Å². The highest BCUT2D eigenvalue weighted by atomic mass is 79.9. The Labute approximate surface area is 70.0 Å². The van der Waals surface area contributed by atoms with Crippen LogP contribution in [0.2, 0.25) is 0 Å². The number of H-pyrrole nitrogens is 1. The van der Waals surface area contributed by atoms with E-state index in [1.165, 1.54) is 4.52 Å². The Balaban J connectivity index is 3.02. The predicted molar refractivity (Wildman–Crippen MR) is 43.5 cm³/mol. The Morgan fingerprint density at radius 1 is 1.64 bits per heavy atom. The van der Waals surface area contributed by atoms with E-state index in [-0.39, 0.29) is 5.56 Å². The number of hydrogen-bond acceptors (Lipinski definition) is 2. The maximum atomic E-state index is 11.1. The van der Waals surface area contributed by atoms with E-state index in [4.69, 9.17) is 0 Å². The molecule has 0 aromatic carbocycles. The summed E-state index contributed by atoms with van der Waals surface area (Å²) in [5, 5.41) is 3.99. The monoisotopic (exact) mass is 213 g/mol. The van der Waals surface area contributed by atoms with E-state index in [0.717, 1.165) is 0 Å². The van der Waals surface area contributed by atoms with Crippen molar-refractivity contribution in [2.45, 2.75) is 0 Å². The molecule has 0 amide bonds. The van der Waals surface area contributed by atoms with Gasteiger partial charge in [-0.2, -0.15) is 5.10 Å². The van der Waals surface area contributed by atoms with E-state index in [2.05, 4.69) is 26.0 Å². The molecule has 0 saturated heterocycles. The lowest BCUT2D eigenvalue weighted by Gasteiger charge is -1.86. The van der Waals surface area contributed by atoms with Crippen LogP contribution >= 0.6 is 15.9 Å². The molecule has 4 nitrogen and oxygen atoms in total. The second-order valence-corrected chi connectivity index (χ2v) is 2.90. The number of rotatable bonds is 0. The first-order valence-electron chi connectivity index (χ1n) is 3.00. The second-order valence-electron chi connectivity index (χ2n) is 2.09. The number of aromatic amines is 1. The molecular formula is C6H4BrN3O. The molecule has 0 aliphatic carbocycles. The maximum absolute atomic E-state index is 11.1. The number of hydrogen-bond donors (Lipinski definition) is 1. The Bertz CT molecular complexity index is 444. The third kappa shape index (κ3) is 0.970. The Morgan fingerprint density at radius 3 is 3.18 bits per heavy atom. The highest BCUT2D eigenvalue weighted by molar-refractivity contribution is 9.10. The number of aromatic nitrogens is 3. The van der Waals surface area contributed by atoms with E-state index >= 15 is 0 Å².